The lowest BCUT2D eigenvalue weighted by Gasteiger charge is -2.28. The van der Waals surface area contributed by atoms with E-state index in [0.29, 0.717) is 13.0 Å². The first-order valence-electron chi connectivity index (χ1n) is 6.06. The third-order valence-corrected chi connectivity index (χ3v) is 5.41. The molecule has 1 saturated heterocycles. The van der Waals surface area contributed by atoms with E-state index in [1.165, 1.54) is 6.07 Å². The highest BCUT2D eigenvalue weighted by Gasteiger charge is 2.41. The fourth-order valence-corrected chi connectivity index (χ4v) is 4.03. The van der Waals surface area contributed by atoms with Crippen LogP contribution in [0.5, 0.6) is 0 Å². The molecular weight excluding hydrogens is 307 g/mol. The molecule has 5 nitrogen and oxygen atoms in total. The van der Waals surface area contributed by atoms with Crippen LogP contribution in [0.15, 0.2) is 17.0 Å². The lowest BCUT2D eigenvalue weighted by molar-refractivity contribution is 0.0957. The smallest absolute Gasteiger partial charge is 0.244 e. The number of nitrogens with two attached hydrogens (primary N) is 1. The molecule has 2 rings (SSSR count). The van der Waals surface area contributed by atoms with Gasteiger partial charge in [0, 0.05) is 11.6 Å². The van der Waals surface area contributed by atoms with Gasteiger partial charge in [-0.25, -0.2) is 17.5 Å². The summed E-state index contributed by atoms with van der Waals surface area (Å²) < 4.78 is 46.5. The molecule has 0 amide bonds. The number of sulfonamides is 1. The van der Waals surface area contributed by atoms with Crippen molar-refractivity contribution in [2.75, 3.05) is 12.3 Å². The zero-order valence-electron chi connectivity index (χ0n) is 11.1. The number of nitrogens with one attached hydrogen (secondary N) is 1. The lowest BCUT2D eigenvalue weighted by Crippen LogP contribution is -2.50. The SMILES string of the molecule is CC1OCCC1(C)NS(=O)(=O)c1cc(Cl)cc(N)c1F. The molecule has 2 atom stereocenters. The van der Waals surface area contributed by atoms with Gasteiger partial charge in [0.05, 0.1) is 17.3 Å². The molecule has 0 aliphatic carbocycles. The summed E-state index contributed by atoms with van der Waals surface area (Å²) in [5, 5.41) is 0.0603. The average Bonchev–Trinajstić information content (AvgIpc) is 2.63. The Labute approximate surface area is 122 Å². The van der Waals surface area contributed by atoms with Crippen LogP contribution in [0.3, 0.4) is 0 Å². The maximum atomic E-state index is 13.9. The van der Waals surface area contributed by atoms with Crippen molar-refractivity contribution < 1.29 is 17.5 Å². The van der Waals surface area contributed by atoms with E-state index < -0.39 is 26.3 Å². The van der Waals surface area contributed by atoms with Crippen LogP contribution in [0.4, 0.5) is 10.1 Å². The van der Waals surface area contributed by atoms with Gasteiger partial charge in [-0.05, 0) is 32.4 Å². The topological polar surface area (TPSA) is 81.4 Å². The molecule has 0 saturated carbocycles. The van der Waals surface area contributed by atoms with Crippen LogP contribution in [0.1, 0.15) is 20.3 Å². The van der Waals surface area contributed by atoms with E-state index in [0.717, 1.165) is 6.07 Å². The minimum Gasteiger partial charge on any atom is -0.396 e. The summed E-state index contributed by atoms with van der Waals surface area (Å²) in [5.74, 6) is -1.00. The van der Waals surface area contributed by atoms with Gasteiger partial charge in [0.1, 0.15) is 4.90 Å². The Morgan fingerprint density at radius 3 is 2.75 bits per heavy atom. The Hall–Kier alpha value is -0.890. The van der Waals surface area contributed by atoms with Gasteiger partial charge < -0.3 is 10.5 Å². The van der Waals surface area contributed by atoms with Gasteiger partial charge in [-0.3, -0.25) is 0 Å². The number of rotatable bonds is 3. The van der Waals surface area contributed by atoms with E-state index in [4.69, 9.17) is 22.1 Å². The Morgan fingerprint density at radius 2 is 2.20 bits per heavy atom. The van der Waals surface area contributed by atoms with E-state index in [9.17, 15) is 12.8 Å². The molecular formula is C12H16ClFN2O3S. The second-order valence-corrected chi connectivity index (χ2v) is 7.18. The Kier molecular flexibility index (Phi) is 3.98. The van der Waals surface area contributed by atoms with Gasteiger partial charge in [0.15, 0.2) is 5.82 Å². The fraction of sp³-hybridized carbons (Fsp3) is 0.500. The van der Waals surface area contributed by atoms with Crippen LogP contribution < -0.4 is 10.5 Å². The Balaban J connectivity index is 2.41. The van der Waals surface area contributed by atoms with E-state index in [1.54, 1.807) is 13.8 Å². The summed E-state index contributed by atoms with van der Waals surface area (Å²) in [6, 6.07) is 2.21. The maximum absolute atomic E-state index is 13.9. The second kappa shape index (κ2) is 5.14. The normalized spacial score (nSPS) is 26.9. The molecule has 2 unspecified atom stereocenters. The zero-order chi connectivity index (χ0) is 15.1. The summed E-state index contributed by atoms with van der Waals surface area (Å²) in [4.78, 5) is -0.553. The molecule has 8 heteroatoms. The van der Waals surface area contributed by atoms with E-state index in [1.807, 2.05) is 0 Å². The van der Waals surface area contributed by atoms with Gasteiger partial charge in [0.25, 0.3) is 0 Å². The highest BCUT2D eigenvalue weighted by Crippen LogP contribution is 2.30. The van der Waals surface area contributed by atoms with Crippen LogP contribution in [0.2, 0.25) is 5.02 Å². The van der Waals surface area contributed by atoms with Crippen LogP contribution in [-0.2, 0) is 14.8 Å². The highest BCUT2D eigenvalue weighted by atomic mass is 35.5. The van der Waals surface area contributed by atoms with Crippen molar-refractivity contribution in [2.45, 2.75) is 36.8 Å². The van der Waals surface area contributed by atoms with Gasteiger partial charge in [0.2, 0.25) is 10.0 Å². The number of hydrogen-bond donors (Lipinski definition) is 2. The second-order valence-electron chi connectivity index (χ2n) is 5.09. The van der Waals surface area contributed by atoms with E-state index in [2.05, 4.69) is 4.72 Å². The quantitative estimate of drug-likeness (QED) is 0.833. The first kappa shape index (κ1) is 15.5. The maximum Gasteiger partial charge on any atom is 0.244 e. The van der Waals surface area contributed by atoms with Crippen LogP contribution in [0, 0.1) is 5.82 Å². The molecule has 112 valence electrons. The van der Waals surface area contributed by atoms with Crippen LogP contribution in [-0.4, -0.2) is 26.7 Å². The molecule has 1 aliphatic heterocycles. The molecule has 0 aromatic heterocycles. The van der Waals surface area contributed by atoms with Gasteiger partial charge >= 0.3 is 0 Å². The van der Waals surface area contributed by atoms with Crippen molar-refractivity contribution in [1.29, 1.82) is 0 Å². The number of nitrogen functional groups attached to an aromatic ring is 1. The van der Waals surface area contributed by atoms with Gasteiger partial charge in [-0.2, -0.15) is 0 Å². The van der Waals surface area contributed by atoms with E-state index >= 15 is 0 Å². The molecule has 20 heavy (non-hydrogen) atoms. The van der Waals surface area contributed by atoms with Crippen molar-refractivity contribution in [3.05, 3.63) is 23.0 Å². The minimum atomic E-state index is -4.08. The third kappa shape index (κ3) is 2.76. The molecule has 1 fully saturated rings. The molecule has 1 aliphatic rings. The van der Waals surface area contributed by atoms with Crippen molar-refractivity contribution in [3.63, 3.8) is 0 Å². The number of hydrogen-bond acceptors (Lipinski definition) is 4. The largest absolute Gasteiger partial charge is 0.396 e. The molecule has 0 radical (unpaired) electrons. The summed E-state index contributed by atoms with van der Waals surface area (Å²) in [7, 11) is -4.08. The molecule has 1 aromatic carbocycles. The highest BCUT2D eigenvalue weighted by molar-refractivity contribution is 7.89. The van der Waals surface area contributed by atoms with Crippen molar-refractivity contribution in [3.8, 4) is 0 Å². The molecule has 0 bridgehead atoms. The van der Waals surface area contributed by atoms with E-state index in [-0.39, 0.29) is 16.8 Å². The summed E-state index contributed by atoms with van der Waals surface area (Å²) in [5.41, 5.74) is 4.31. The zero-order valence-corrected chi connectivity index (χ0v) is 12.7. The number of halogens is 2. The Bertz CT molecular complexity index is 638. The van der Waals surface area contributed by atoms with Crippen LogP contribution >= 0.6 is 11.6 Å². The lowest BCUT2D eigenvalue weighted by atomic mass is 9.97. The summed E-state index contributed by atoms with van der Waals surface area (Å²) >= 11 is 5.74. The minimum absolute atomic E-state index is 0.0603. The third-order valence-electron chi connectivity index (χ3n) is 3.58. The monoisotopic (exact) mass is 322 g/mol. The molecule has 1 heterocycles. The number of benzene rings is 1. The van der Waals surface area contributed by atoms with Crippen LogP contribution in [0.25, 0.3) is 0 Å². The van der Waals surface area contributed by atoms with Gasteiger partial charge in [-0.15, -0.1) is 0 Å². The van der Waals surface area contributed by atoms with Crippen molar-refractivity contribution in [2.24, 2.45) is 0 Å². The number of anilines is 1. The standard InChI is InChI=1S/C12H16ClFN2O3S/c1-7-12(2,3-4-19-7)16-20(17,18)10-6-8(13)5-9(15)11(10)14/h5-7,16H,3-4,15H2,1-2H3. The summed E-state index contributed by atoms with van der Waals surface area (Å²) in [6.07, 6.45) is 0.197. The number of ether oxygens (including phenoxy) is 1. The Morgan fingerprint density at radius 1 is 1.55 bits per heavy atom. The summed E-state index contributed by atoms with van der Waals surface area (Å²) in [6.45, 7) is 3.92. The van der Waals surface area contributed by atoms with Gasteiger partial charge in [-0.1, -0.05) is 11.6 Å². The fourth-order valence-electron chi connectivity index (χ4n) is 2.11. The predicted octanol–water partition coefficient (Wildman–Crippen LogP) is 1.91. The predicted molar refractivity (Wildman–Crippen MR) is 74.6 cm³/mol. The van der Waals surface area contributed by atoms with Crippen molar-refractivity contribution in [1.82, 2.24) is 4.72 Å². The molecule has 3 N–H and O–H groups in total. The van der Waals surface area contributed by atoms with Crippen molar-refractivity contribution >= 4 is 27.3 Å². The first-order chi connectivity index (χ1) is 9.16. The average molecular weight is 323 g/mol. The molecule has 0 spiro atoms. The first-order valence-corrected chi connectivity index (χ1v) is 7.92. The molecule has 1 aromatic rings.